The van der Waals surface area contributed by atoms with Gasteiger partial charge in [0.25, 0.3) is 0 Å². The van der Waals surface area contributed by atoms with Crippen LogP contribution in [0.5, 0.6) is 11.5 Å². The first kappa shape index (κ1) is 13.5. The van der Waals surface area contributed by atoms with Crippen molar-refractivity contribution < 1.29 is 19.0 Å². The molecule has 19 heavy (non-hydrogen) atoms. The number of carbonyl (C=O) groups is 1. The maximum atomic E-state index is 11.2. The molecule has 0 aliphatic carbocycles. The van der Waals surface area contributed by atoms with E-state index in [0.29, 0.717) is 19.8 Å². The number of benzene rings is 1. The number of esters is 1. The van der Waals surface area contributed by atoms with Gasteiger partial charge in [0.05, 0.1) is 26.2 Å². The van der Waals surface area contributed by atoms with E-state index < -0.39 is 0 Å². The highest BCUT2D eigenvalue weighted by molar-refractivity contribution is 5.72. The largest absolute Gasteiger partial charge is 0.490 e. The Morgan fingerprint density at radius 2 is 2.11 bits per heavy atom. The Balaban J connectivity index is 1.99. The van der Waals surface area contributed by atoms with Gasteiger partial charge in [-0.3, -0.25) is 4.79 Å². The van der Waals surface area contributed by atoms with Crippen molar-refractivity contribution in [1.29, 1.82) is 0 Å². The first-order valence-corrected chi connectivity index (χ1v) is 6.51. The minimum Gasteiger partial charge on any atom is -0.490 e. The van der Waals surface area contributed by atoms with Crippen molar-refractivity contribution in [2.75, 3.05) is 19.8 Å². The van der Waals surface area contributed by atoms with Crippen molar-refractivity contribution in [1.82, 2.24) is 0 Å². The first-order chi connectivity index (χ1) is 9.29. The van der Waals surface area contributed by atoms with Gasteiger partial charge < -0.3 is 14.2 Å². The Bertz CT molecular complexity index is 465. The number of carbonyl (C=O) groups excluding carboxylic acids is 1. The topological polar surface area (TPSA) is 44.8 Å². The van der Waals surface area contributed by atoms with Gasteiger partial charge in [-0.05, 0) is 24.6 Å². The second kappa shape index (κ2) is 6.83. The lowest BCUT2D eigenvalue weighted by atomic mass is 10.2. The maximum Gasteiger partial charge on any atom is 0.309 e. The quantitative estimate of drug-likeness (QED) is 0.783. The molecular formula is C15H18O4. The number of ether oxygens (including phenoxy) is 3. The zero-order valence-corrected chi connectivity index (χ0v) is 11.1. The van der Waals surface area contributed by atoms with Gasteiger partial charge in [0.1, 0.15) is 0 Å². The van der Waals surface area contributed by atoms with Crippen LogP contribution >= 0.6 is 0 Å². The third-order valence-electron chi connectivity index (χ3n) is 2.67. The molecule has 4 nitrogen and oxygen atoms in total. The third-order valence-corrected chi connectivity index (χ3v) is 2.67. The molecule has 0 atom stereocenters. The van der Waals surface area contributed by atoms with Crippen molar-refractivity contribution in [3.8, 4) is 11.5 Å². The van der Waals surface area contributed by atoms with E-state index in [1.165, 1.54) is 0 Å². The van der Waals surface area contributed by atoms with E-state index in [1.807, 2.05) is 24.3 Å². The monoisotopic (exact) mass is 262 g/mol. The Hall–Kier alpha value is -1.97. The van der Waals surface area contributed by atoms with Crippen LogP contribution in [0.4, 0.5) is 0 Å². The van der Waals surface area contributed by atoms with E-state index in [2.05, 4.69) is 0 Å². The molecule has 1 aromatic carbocycles. The highest BCUT2D eigenvalue weighted by Gasteiger charge is 2.09. The number of hydrogen-bond acceptors (Lipinski definition) is 4. The lowest BCUT2D eigenvalue weighted by Crippen LogP contribution is -2.01. The van der Waals surface area contributed by atoms with Crippen LogP contribution in [0.1, 0.15) is 25.3 Å². The van der Waals surface area contributed by atoms with Crippen molar-refractivity contribution >= 4 is 12.0 Å². The minimum atomic E-state index is -0.215. The zero-order chi connectivity index (χ0) is 13.5. The number of rotatable bonds is 4. The van der Waals surface area contributed by atoms with Crippen molar-refractivity contribution in [3.05, 3.63) is 29.8 Å². The van der Waals surface area contributed by atoms with E-state index >= 15 is 0 Å². The molecule has 0 bridgehead atoms. The van der Waals surface area contributed by atoms with Gasteiger partial charge in [-0.15, -0.1) is 0 Å². The molecule has 0 saturated heterocycles. The summed E-state index contributed by atoms with van der Waals surface area (Å²) in [6.07, 6.45) is 4.84. The van der Waals surface area contributed by atoms with E-state index in [0.717, 1.165) is 23.5 Å². The molecule has 0 aromatic heterocycles. The summed E-state index contributed by atoms with van der Waals surface area (Å²) < 4.78 is 16.0. The van der Waals surface area contributed by atoms with Crippen LogP contribution in [0.2, 0.25) is 0 Å². The van der Waals surface area contributed by atoms with Gasteiger partial charge in [-0.1, -0.05) is 18.2 Å². The minimum absolute atomic E-state index is 0.215. The van der Waals surface area contributed by atoms with Crippen molar-refractivity contribution in [2.24, 2.45) is 0 Å². The molecule has 2 rings (SSSR count). The summed E-state index contributed by atoms with van der Waals surface area (Å²) in [7, 11) is 0. The summed E-state index contributed by atoms with van der Waals surface area (Å²) in [5.41, 5.74) is 0.980. The molecule has 0 radical (unpaired) electrons. The van der Waals surface area contributed by atoms with Gasteiger partial charge in [0.2, 0.25) is 0 Å². The Labute approximate surface area is 113 Å². The van der Waals surface area contributed by atoms with Crippen LogP contribution in [-0.2, 0) is 9.53 Å². The molecule has 0 fully saturated rings. The average molecular weight is 262 g/mol. The smallest absolute Gasteiger partial charge is 0.309 e. The molecule has 0 saturated carbocycles. The second-order valence-corrected chi connectivity index (χ2v) is 4.17. The normalized spacial score (nSPS) is 14.2. The number of hydrogen-bond donors (Lipinski definition) is 0. The van der Waals surface area contributed by atoms with Crippen LogP contribution in [0.3, 0.4) is 0 Å². The fourth-order valence-corrected chi connectivity index (χ4v) is 1.79. The number of fused-ring (bicyclic) bond motifs is 1. The van der Waals surface area contributed by atoms with Gasteiger partial charge >= 0.3 is 5.97 Å². The molecule has 1 aliphatic heterocycles. The van der Waals surface area contributed by atoms with Gasteiger partial charge in [-0.25, -0.2) is 0 Å². The van der Waals surface area contributed by atoms with E-state index in [1.54, 1.807) is 13.0 Å². The highest BCUT2D eigenvalue weighted by atomic mass is 16.5. The molecule has 0 unspecified atom stereocenters. The standard InChI is InChI=1S/C15H18O4/c1-2-17-15(16)6-3-5-12-7-8-13-14(11-12)19-10-4-9-18-13/h3,5,7-8,11H,2,4,6,9-10H2,1H3. The summed E-state index contributed by atoms with van der Waals surface area (Å²) in [5.74, 6) is 1.32. The maximum absolute atomic E-state index is 11.2. The predicted octanol–water partition coefficient (Wildman–Crippen LogP) is 2.81. The van der Waals surface area contributed by atoms with Crippen molar-refractivity contribution in [2.45, 2.75) is 19.8 Å². The molecule has 0 N–H and O–H groups in total. The predicted molar refractivity (Wildman–Crippen MR) is 72.3 cm³/mol. The molecule has 1 heterocycles. The van der Waals surface area contributed by atoms with E-state index in [-0.39, 0.29) is 12.4 Å². The lowest BCUT2D eigenvalue weighted by Gasteiger charge is -2.07. The molecule has 0 amide bonds. The molecule has 4 heteroatoms. The Morgan fingerprint density at radius 3 is 2.89 bits per heavy atom. The summed E-state index contributed by atoms with van der Waals surface area (Å²) in [6, 6.07) is 5.75. The van der Waals surface area contributed by atoms with Crippen LogP contribution in [0, 0.1) is 0 Å². The van der Waals surface area contributed by atoms with Crippen LogP contribution < -0.4 is 9.47 Å². The molecule has 102 valence electrons. The third kappa shape index (κ3) is 4.02. The average Bonchev–Trinajstić information content (AvgIpc) is 2.63. The lowest BCUT2D eigenvalue weighted by molar-refractivity contribution is -0.142. The van der Waals surface area contributed by atoms with E-state index in [9.17, 15) is 4.79 Å². The highest BCUT2D eigenvalue weighted by Crippen LogP contribution is 2.30. The van der Waals surface area contributed by atoms with Crippen molar-refractivity contribution in [3.63, 3.8) is 0 Å². The first-order valence-electron chi connectivity index (χ1n) is 6.51. The zero-order valence-electron chi connectivity index (χ0n) is 11.1. The van der Waals surface area contributed by atoms with E-state index in [4.69, 9.17) is 14.2 Å². The van der Waals surface area contributed by atoms with Gasteiger partial charge in [0, 0.05) is 6.42 Å². The van der Waals surface area contributed by atoms with Crippen LogP contribution in [-0.4, -0.2) is 25.8 Å². The summed E-state index contributed by atoms with van der Waals surface area (Å²) >= 11 is 0. The molecule has 1 aliphatic rings. The summed E-state index contributed by atoms with van der Waals surface area (Å²) in [4.78, 5) is 11.2. The second-order valence-electron chi connectivity index (χ2n) is 4.17. The molecule has 0 spiro atoms. The fraction of sp³-hybridized carbons (Fsp3) is 0.400. The Kier molecular flexibility index (Phi) is 4.84. The summed E-state index contributed by atoms with van der Waals surface area (Å²) in [5, 5.41) is 0. The fourth-order valence-electron chi connectivity index (χ4n) is 1.79. The van der Waals surface area contributed by atoms with Gasteiger partial charge in [-0.2, -0.15) is 0 Å². The summed E-state index contributed by atoms with van der Waals surface area (Å²) in [6.45, 7) is 3.57. The Morgan fingerprint density at radius 1 is 1.32 bits per heavy atom. The SMILES string of the molecule is CCOC(=O)CC=Cc1ccc2c(c1)OCCCO2. The van der Waals surface area contributed by atoms with Gasteiger partial charge in [0.15, 0.2) is 11.5 Å². The van der Waals surface area contributed by atoms with Crippen LogP contribution in [0.25, 0.3) is 6.08 Å². The van der Waals surface area contributed by atoms with Crippen LogP contribution in [0.15, 0.2) is 24.3 Å². The molecule has 1 aromatic rings. The molecular weight excluding hydrogens is 244 g/mol.